The number of nitrogens with zero attached hydrogens (tertiary/aromatic N) is 1. The highest BCUT2D eigenvalue weighted by molar-refractivity contribution is 5.97. The minimum atomic E-state index is -0.211. The van der Waals surface area contributed by atoms with Crippen molar-refractivity contribution in [2.75, 3.05) is 25.0 Å². The van der Waals surface area contributed by atoms with Gasteiger partial charge in [-0.25, -0.2) is 0 Å². The van der Waals surface area contributed by atoms with Crippen molar-refractivity contribution in [1.29, 1.82) is 0 Å². The smallest absolute Gasteiger partial charge is 0.234 e. The maximum atomic E-state index is 12.9. The molecule has 0 bridgehead atoms. The maximum Gasteiger partial charge on any atom is 0.234 e. The van der Waals surface area contributed by atoms with Crippen molar-refractivity contribution in [2.45, 2.75) is 32.6 Å². The molecule has 1 aliphatic rings. The zero-order valence-electron chi connectivity index (χ0n) is 12.0. The number of benzene rings is 1. The first-order valence-corrected chi connectivity index (χ1v) is 7.23. The second kappa shape index (κ2) is 6.20. The molecule has 1 aromatic rings. The first kappa shape index (κ1) is 14.1. The number of anilines is 1. The molecule has 1 aliphatic heterocycles. The molecule has 1 aromatic carbocycles. The Labute approximate surface area is 116 Å². The number of hydrogen-bond donors (Lipinski definition) is 1. The highest BCUT2D eigenvalue weighted by Gasteiger charge is 2.40. The number of piperidine rings is 1. The van der Waals surface area contributed by atoms with Crippen LogP contribution in [0.2, 0.25) is 0 Å². The zero-order chi connectivity index (χ0) is 13.7. The number of amides is 1. The van der Waals surface area contributed by atoms with Gasteiger partial charge in [-0.15, -0.1) is 0 Å². The molecule has 1 saturated heterocycles. The Kier molecular flexibility index (Phi) is 4.59. The van der Waals surface area contributed by atoms with E-state index in [9.17, 15) is 4.79 Å². The molecule has 0 aliphatic carbocycles. The molecule has 0 saturated carbocycles. The Bertz CT molecular complexity index is 405. The summed E-state index contributed by atoms with van der Waals surface area (Å²) in [6.45, 7) is 4.01. The van der Waals surface area contributed by atoms with E-state index in [1.807, 2.05) is 42.3 Å². The Balaban J connectivity index is 2.19. The normalized spacial score (nSPS) is 23.1. The molecule has 1 atom stereocenters. The van der Waals surface area contributed by atoms with E-state index in [0.29, 0.717) is 0 Å². The lowest BCUT2D eigenvalue weighted by atomic mass is 9.75. The minimum Gasteiger partial charge on any atom is -0.316 e. The van der Waals surface area contributed by atoms with Gasteiger partial charge in [0.15, 0.2) is 0 Å². The van der Waals surface area contributed by atoms with E-state index in [1.54, 1.807) is 0 Å². The van der Waals surface area contributed by atoms with E-state index in [-0.39, 0.29) is 11.3 Å². The van der Waals surface area contributed by atoms with Crippen LogP contribution >= 0.6 is 0 Å². The lowest BCUT2D eigenvalue weighted by Gasteiger charge is -2.39. The van der Waals surface area contributed by atoms with Gasteiger partial charge in [0, 0.05) is 19.3 Å². The molecule has 1 N–H and O–H groups in total. The predicted molar refractivity (Wildman–Crippen MR) is 79.3 cm³/mol. The summed E-state index contributed by atoms with van der Waals surface area (Å²) in [6, 6.07) is 9.92. The molecule has 3 nitrogen and oxygen atoms in total. The Morgan fingerprint density at radius 2 is 2.11 bits per heavy atom. The van der Waals surface area contributed by atoms with Crippen LogP contribution in [-0.2, 0) is 4.79 Å². The van der Waals surface area contributed by atoms with Crippen LogP contribution in [0.5, 0.6) is 0 Å². The predicted octanol–water partition coefficient (Wildman–Crippen LogP) is 2.82. The van der Waals surface area contributed by atoms with Crippen LogP contribution in [0, 0.1) is 5.41 Å². The van der Waals surface area contributed by atoms with Gasteiger partial charge in [-0.05, 0) is 37.9 Å². The third-order valence-corrected chi connectivity index (χ3v) is 4.10. The van der Waals surface area contributed by atoms with E-state index in [0.717, 1.165) is 44.5 Å². The van der Waals surface area contributed by atoms with E-state index < -0.39 is 0 Å². The topological polar surface area (TPSA) is 32.3 Å². The van der Waals surface area contributed by atoms with Gasteiger partial charge in [-0.3, -0.25) is 4.79 Å². The van der Waals surface area contributed by atoms with Crippen molar-refractivity contribution in [2.24, 2.45) is 5.41 Å². The van der Waals surface area contributed by atoms with Gasteiger partial charge in [0.25, 0.3) is 0 Å². The number of rotatable bonds is 4. The highest BCUT2D eigenvalue weighted by Crippen LogP contribution is 2.34. The van der Waals surface area contributed by atoms with E-state index in [1.165, 1.54) is 0 Å². The molecule has 2 rings (SSSR count). The van der Waals surface area contributed by atoms with Gasteiger partial charge in [0.2, 0.25) is 5.91 Å². The average molecular weight is 260 g/mol. The fourth-order valence-electron chi connectivity index (χ4n) is 3.07. The summed E-state index contributed by atoms with van der Waals surface area (Å²) in [6.07, 6.45) is 4.12. The van der Waals surface area contributed by atoms with Crippen molar-refractivity contribution < 1.29 is 4.79 Å². The Morgan fingerprint density at radius 3 is 2.68 bits per heavy atom. The van der Waals surface area contributed by atoms with Crippen LogP contribution in [0.15, 0.2) is 30.3 Å². The summed E-state index contributed by atoms with van der Waals surface area (Å²) in [5.74, 6) is 0.257. The summed E-state index contributed by atoms with van der Waals surface area (Å²) >= 11 is 0. The number of nitrogens with one attached hydrogen (secondary N) is 1. The van der Waals surface area contributed by atoms with Gasteiger partial charge in [0.1, 0.15) is 0 Å². The summed E-state index contributed by atoms with van der Waals surface area (Å²) in [5.41, 5.74) is 0.769. The molecule has 0 radical (unpaired) electrons. The number of para-hydroxylation sites is 1. The van der Waals surface area contributed by atoms with Crippen molar-refractivity contribution in [3.05, 3.63) is 30.3 Å². The monoisotopic (exact) mass is 260 g/mol. The van der Waals surface area contributed by atoms with Crippen molar-refractivity contribution in [1.82, 2.24) is 5.32 Å². The molecule has 1 unspecified atom stereocenters. The third kappa shape index (κ3) is 2.98. The summed E-state index contributed by atoms with van der Waals surface area (Å²) in [7, 11) is 1.89. The zero-order valence-corrected chi connectivity index (χ0v) is 12.0. The molecule has 0 aromatic heterocycles. The quantitative estimate of drug-likeness (QED) is 0.903. The first-order chi connectivity index (χ1) is 9.19. The Morgan fingerprint density at radius 1 is 1.37 bits per heavy atom. The van der Waals surface area contributed by atoms with Gasteiger partial charge >= 0.3 is 0 Å². The molecule has 19 heavy (non-hydrogen) atoms. The van der Waals surface area contributed by atoms with Crippen molar-refractivity contribution in [3.63, 3.8) is 0 Å². The number of hydrogen-bond acceptors (Lipinski definition) is 2. The van der Waals surface area contributed by atoms with Gasteiger partial charge in [-0.2, -0.15) is 0 Å². The van der Waals surface area contributed by atoms with E-state index in [4.69, 9.17) is 0 Å². The first-order valence-electron chi connectivity index (χ1n) is 7.23. The number of carbonyl (C=O) groups is 1. The van der Waals surface area contributed by atoms with Crippen LogP contribution < -0.4 is 10.2 Å². The Hall–Kier alpha value is -1.35. The molecular weight excluding hydrogens is 236 g/mol. The fourth-order valence-corrected chi connectivity index (χ4v) is 3.07. The molecule has 1 fully saturated rings. The van der Waals surface area contributed by atoms with E-state index >= 15 is 0 Å². The van der Waals surface area contributed by atoms with Gasteiger partial charge < -0.3 is 10.2 Å². The van der Waals surface area contributed by atoms with Crippen LogP contribution in [0.4, 0.5) is 5.69 Å². The van der Waals surface area contributed by atoms with Crippen molar-refractivity contribution >= 4 is 11.6 Å². The summed E-state index contributed by atoms with van der Waals surface area (Å²) in [5, 5.41) is 3.40. The standard InChI is InChI=1S/C16H24N2O/c1-3-10-16(11-7-12-17-13-16)15(19)18(2)14-8-5-4-6-9-14/h4-6,8-9,17H,3,7,10-13H2,1-2H3. The molecule has 1 amide bonds. The molecule has 1 heterocycles. The van der Waals surface area contributed by atoms with Crippen LogP contribution in [0.3, 0.4) is 0 Å². The third-order valence-electron chi connectivity index (χ3n) is 4.10. The average Bonchev–Trinajstić information content (AvgIpc) is 2.48. The molecular formula is C16H24N2O. The lowest BCUT2D eigenvalue weighted by Crippen LogP contribution is -2.51. The molecule has 3 heteroatoms. The SMILES string of the molecule is CCCC1(C(=O)N(C)c2ccccc2)CCCNC1. The second-order valence-electron chi connectivity index (χ2n) is 5.51. The minimum absolute atomic E-state index is 0.211. The molecule has 104 valence electrons. The molecule has 0 spiro atoms. The highest BCUT2D eigenvalue weighted by atomic mass is 16.2. The second-order valence-corrected chi connectivity index (χ2v) is 5.51. The maximum absolute atomic E-state index is 12.9. The van der Waals surface area contributed by atoms with Gasteiger partial charge in [-0.1, -0.05) is 31.5 Å². The van der Waals surface area contributed by atoms with Crippen LogP contribution in [0.25, 0.3) is 0 Å². The van der Waals surface area contributed by atoms with Crippen LogP contribution in [-0.4, -0.2) is 26.0 Å². The van der Waals surface area contributed by atoms with E-state index in [2.05, 4.69) is 12.2 Å². The summed E-state index contributed by atoms with van der Waals surface area (Å²) in [4.78, 5) is 14.7. The summed E-state index contributed by atoms with van der Waals surface area (Å²) < 4.78 is 0. The lowest BCUT2D eigenvalue weighted by molar-refractivity contribution is -0.129. The number of carbonyl (C=O) groups excluding carboxylic acids is 1. The van der Waals surface area contributed by atoms with Crippen LogP contribution in [0.1, 0.15) is 32.6 Å². The largest absolute Gasteiger partial charge is 0.316 e. The van der Waals surface area contributed by atoms with Crippen molar-refractivity contribution in [3.8, 4) is 0 Å². The fraction of sp³-hybridized carbons (Fsp3) is 0.562. The van der Waals surface area contributed by atoms with Gasteiger partial charge in [0.05, 0.1) is 5.41 Å².